The van der Waals surface area contributed by atoms with E-state index in [1.54, 1.807) is 6.07 Å². The van der Waals surface area contributed by atoms with Crippen LogP contribution in [0.25, 0.3) is 0 Å². The summed E-state index contributed by atoms with van der Waals surface area (Å²) < 4.78 is 13.2. The van der Waals surface area contributed by atoms with Crippen LogP contribution in [0.1, 0.15) is 16.7 Å². The Bertz CT molecular complexity index is 1290. The van der Waals surface area contributed by atoms with E-state index in [0.717, 1.165) is 55.4 Å². The van der Waals surface area contributed by atoms with E-state index in [9.17, 15) is 9.65 Å². The van der Waals surface area contributed by atoms with Crippen LogP contribution in [0.4, 0.5) is 15.9 Å². The summed E-state index contributed by atoms with van der Waals surface area (Å²) in [6.45, 7) is 7.06. The molecular formula is C28H29ClFN7. The number of aromatic nitrogens is 1. The van der Waals surface area contributed by atoms with Crippen LogP contribution in [0, 0.1) is 22.6 Å². The highest BCUT2D eigenvalue weighted by Gasteiger charge is 2.23. The number of anilines is 2. The Morgan fingerprint density at radius 3 is 2.38 bits per heavy atom. The highest BCUT2D eigenvalue weighted by Crippen LogP contribution is 2.24. The minimum Gasteiger partial charge on any atom is -0.368 e. The zero-order valence-corrected chi connectivity index (χ0v) is 21.3. The predicted octanol–water partition coefficient (Wildman–Crippen LogP) is 4.22. The number of pyridine rings is 1. The first-order chi connectivity index (χ1) is 18.0. The number of rotatable bonds is 5. The van der Waals surface area contributed by atoms with E-state index >= 15 is 0 Å². The van der Waals surface area contributed by atoms with Gasteiger partial charge in [0.15, 0.2) is 0 Å². The van der Waals surface area contributed by atoms with Gasteiger partial charge in [0.1, 0.15) is 23.5 Å². The van der Waals surface area contributed by atoms with Crippen LogP contribution in [0.15, 0.2) is 60.8 Å². The van der Waals surface area contributed by atoms with E-state index in [2.05, 4.69) is 25.8 Å². The van der Waals surface area contributed by atoms with Crippen molar-refractivity contribution < 1.29 is 4.39 Å². The molecule has 0 bridgehead atoms. The van der Waals surface area contributed by atoms with Gasteiger partial charge in [-0.3, -0.25) is 10.3 Å². The fourth-order valence-corrected chi connectivity index (χ4v) is 5.19. The molecule has 0 radical (unpaired) electrons. The van der Waals surface area contributed by atoms with Gasteiger partial charge >= 0.3 is 0 Å². The van der Waals surface area contributed by atoms with Crippen molar-refractivity contribution in [1.29, 1.82) is 10.7 Å². The van der Waals surface area contributed by atoms with Crippen molar-refractivity contribution in [2.24, 2.45) is 0 Å². The van der Waals surface area contributed by atoms with Gasteiger partial charge in [-0.05, 0) is 42.0 Å². The van der Waals surface area contributed by atoms with Gasteiger partial charge in [0.2, 0.25) is 0 Å². The normalized spacial score (nSPS) is 16.5. The lowest BCUT2D eigenvalue weighted by atomic mass is 10.1. The number of amidine groups is 1. The topological polar surface area (TPSA) is 73.5 Å². The number of nitrogens with zero attached hydrogens (tertiary/aromatic N) is 6. The second-order valence-electron chi connectivity index (χ2n) is 9.36. The Morgan fingerprint density at radius 2 is 1.68 bits per heavy atom. The van der Waals surface area contributed by atoms with Gasteiger partial charge in [-0.15, -0.1) is 0 Å². The lowest BCUT2D eigenvalue weighted by Crippen LogP contribution is -2.49. The van der Waals surface area contributed by atoms with Crippen molar-refractivity contribution in [3.8, 4) is 6.07 Å². The molecule has 0 spiro atoms. The highest BCUT2D eigenvalue weighted by atomic mass is 35.5. The summed E-state index contributed by atoms with van der Waals surface area (Å²) in [5.74, 6) is 0.838. The Hall–Kier alpha value is -3.67. The third-order valence-electron chi connectivity index (χ3n) is 7.06. The van der Waals surface area contributed by atoms with Crippen LogP contribution in [0.2, 0.25) is 5.02 Å². The largest absolute Gasteiger partial charge is 0.368 e. The van der Waals surface area contributed by atoms with Crippen molar-refractivity contribution in [2.45, 2.75) is 6.54 Å². The molecule has 0 saturated carbocycles. The van der Waals surface area contributed by atoms with Crippen LogP contribution >= 0.6 is 11.6 Å². The SMILES string of the molecule is N#Cc1ccccc1N1CCN(Cc2ccc(Cl)c(C(=N)N3CCN(c4ccc(F)cn4)CC3)c2)CC1. The van der Waals surface area contributed by atoms with Crippen LogP contribution < -0.4 is 9.80 Å². The van der Waals surface area contributed by atoms with Crippen LogP contribution in [-0.2, 0) is 6.54 Å². The maximum absolute atomic E-state index is 13.2. The first-order valence-corrected chi connectivity index (χ1v) is 12.8. The van der Waals surface area contributed by atoms with Crippen LogP contribution in [0.5, 0.6) is 0 Å². The molecule has 7 nitrogen and oxygen atoms in total. The molecule has 2 fully saturated rings. The summed E-state index contributed by atoms with van der Waals surface area (Å²) in [5, 5.41) is 18.9. The van der Waals surface area contributed by atoms with Gasteiger partial charge in [-0.2, -0.15) is 5.26 Å². The molecule has 1 aromatic heterocycles. The molecule has 2 aliphatic rings. The smallest absolute Gasteiger partial charge is 0.141 e. The van der Waals surface area contributed by atoms with Crippen LogP contribution in [-0.4, -0.2) is 73.0 Å². The second kappa shape index (κ2) is 11.2. The number of hydrogen-bond acceptors (Lipinski definition) is 6. The number of nitriles is 1. The average Bonchev–Trinajstić information content (AvgIpc) is 2.94. The van der Waals surface area contributed by atoms with Gasteiger partial charge in [0, 0.05) is 64.5 Å². The first-order valence-electron chi connectivity index (χ1n) is 12.5. The maximum Gasteiger partial charge on any atom is 0.141 e. The third-order valence-corrected chi connectivity index (χ3v) is 7.39. The zero-order chi connectivity index (χ0) is 25.8. The second-order valence-corrected chi connectivity index (χ2v) is 9.77. The molecule has 1 N–H and O–H groups in total. The molecule has 2 saturated heterocycles. The molecule has 3 aromatic rings. The molecule has 0 unspecified atom stereocenters. The first kappa shape index (κ1) is 25.0. The molecule has 5 rings (SSSR count). The molecule has 9 heteroatoms. The standard InChI is InChI=1S/C28H29ClFN7/c29-25-7-5-21(20-34-9-11-35(12-10-34)26-4-2-1-3-22(26)18-31)17-24(25)28(32)37-15-13-36(14-16-37)27-8-6-23(30)19-33-27/h1-8,17,19,32H,9-16,20H2. The molecule has 0 aliphatic carbocycles. The van der Waals surface area contributed by atoms with Gasteiger partial charge in [0.05, 0.1) is 22.5 Å². The van der Waals surface area contributed by atoms with E-state index in [1.807, 2.05) is 47.4 Å². The Labute approximate surface area is 221 Å². The van der Waals surface area contributed by atoms with Gasteiger partial charge in [-0.1, -0.05) is 29.8 Å². The number of halogens is 2. The predicted molar refractivity (Wildman–Crippen MR) is 145 cm³/mol. The number of nitrogens with one attached hydrogen (secondary N) is 1. The van der Waals surface area contributed by atoms with Crippen molar-refractivity contribution in [2.75, 3.05) is 62.2 Å². The van der Waals surface area contributed by atoms with Gasteiger partial charge in [-0.25, -0.2) is 9.37 Å². The summed E-state index contributed by atoms with van der Waals surface area (Å²) in [7, 11) is 0. The van der Waals surface area contributed by atoms with Crippen molar-refractivity contribution in [3.05, 3.63) is 88.3 Å². The molecule has 0 atom stereocenters. The van der Waals surface area contributed by atoms with Gasteiger partial charge in [0.25, 0.3) is 0 Å². The summed E-state index contributed by atoms with van der Waals surface area (Å²) >= 11 is 6.54. The molecule has 37 heavy (non-hydrogen) atoms. The highest BCUT2D eigenvalue weighted by molar-refractivity contribution is 6.34. The van der Waals surface area contributed by atoms with Crippen molar-refractivity contribution >= 4 is 28.9 Å². The lowest BCUT2D eigenvalue weighted by Gasteiger charge is -2.37. The fourth-order valence-electron chi connectivity index (χ4n) is 4.99. The van der Waals surface area contributed by atoms with Crippen molar-refractivity contribution in [3.63, 3.8) is 0 Å². The molecule has 3 heterocycles. The molecule has 2 aromatic carbocycles. The summed E-state index contributed by atoms with van der Waals surface area (Å²) in [5.41, 5.74) is 3.59. The number of benzene rings is 2. The van der Waals surface area contributed by atoms with E-state index in [1.165, 1.54) is 12.3 Å². The van der Waals surface area contributed by atoms with E-state index < -0.39 is 0 Å². The average molecular weight is 518 g/mol. The Kier molecular flexibility index (Phi) is 7.54. The molecular weight excluding hydrogens is 489 g/mol. The van der Waals surface area contributed by atoms with Crippen molar-refractivity contribution in [1.82, 2.24) is 14.8 Å². The maximum atomic E-state index is 13.2. The number of para-hydroxylation sites is 1. The fraction of sp³-hybridized carbons (Fsp3) is 0.321. The quantitative estimate of drug-likeness (QED) is 0.403. The zero-order valence-electron chi connectivity index (χ0n) is 20.6. The number of piperazine rings is 2. The Morgan fingerprint density at radius 1 is 0.946 bits per heavy atom. The summed E-state index contributed by atoms with van der Waals surface area (Å²) in [6, 6.07) is 19.1. The monoisotopic (exact) mass is 517 g/mol. The molecule has 2 aliphatic heterocycles. The minimum absolute atomic E-state index is 0.343. The van der Waals surface area contributed by atoms with Crippen LogP contribution in [0.3, 0.4) is 0 Å². The number of hydrogen-bond donors (Lipinski definition) is 1. The molecule has 0 amide bonds. The summed E-state index contributed by atoms with van der Waals surface area (Å²) in [6.07, 6.45) is 1.24. The Balaban J connectivity index is 1.18. The third kappa shape index (κ3) is 5.68. The summed E-state index contributed by atoms with van der Waals surface area (Å²) in [4.78, 5) is 13.0. The van der Waals surface area contributed by atoms with E-state index in [-0.39, 0.29) is 5.82 Å². The molecule has 190 valence electrons. The lowest BCUT2D eigenvalue weighted by molar-refractivity contribution is 0.250. The van der Waals surface area contributed by atoms with E-state index in [4.69, 9.17) is 17.0 Å². The van der Waals surface area contributed by atoms with E-state index in [0.29, 0.717) is 42.6 Å². The van der Waals surface area contributed by atoms with Gasteiger partial charge < -0.3 is 14.7 Å². The minimum atomic E-state index is -0.343.